The maximum atomic E-state index is 13.9. The van der Waals surface area contributed by atoms with Gasteiger partial charge in [-0.1, -0.05) is 81.5 Å². The molecule has 1 fully saturated rings. The van der Waals surface area contributed by atoms with Crippen molar-refractivity contribution in [3.8, 4) is 0 Å². The van der Waals surface area contributed by atoms with Crippen LogP contribution in [0.3, 0.4) is 0 Å². The van der Waals surface area contributed by atoms with Crippen molar-refractivity contribution >= 4 is 68.1 Å². The third-order valence-electron chi connectivity index (χ3n) is 7.10. The molecule has 0 aliphatic carbocycles. The predicted octanol–water partition coefficient (Wildman–Crippen LogP) is 6.13. The largest absolute Gasteiger partial charge is 0.418 e. The Morgan fingerprint density at radius 3 is 2.26 bits per heavy atom. The van der Waals surface area contributed by atoms with Crippen molar-refractivity contribution in [2.45, 2.75) is 28.9 Å². The number of rotatable bonds is 5. The average molecular weight is 675 g/mol. The molecule has 2 aliphatic rings. The van der Waals surface area contributed by atoms with Crippen molar-refractivity contribution in [2.75, 3.05) is 10.2 Å². The van der Waals surface area contributed by atoms with E-state index in [0.717, 1.165) is 50.2 Å². The molecule has 2 aliphatic heterocycles. The first-order valence-corrected chi connectivity index (χ1v) is 15.1. The van der Waals surface area contributed by atoms with Crippen LogP contribution in [0.2, 0.25) is 0 Å². The molecule has 1 N–H and O–H groups in total. The fraction of sp³-hybridized carbons (Fsp3) is 0.172. The molecule has 1 saturated heterocycles. The minimum atomic E-state index is -4.69. The molecule has 6 rings (SSSR count). The highest BCUT2D eigenvalue weighted by molar-refractivity contribution is 9.10. The Morgan fingerprint density at radius 2 is 1.57 bits per heavy atom. The van der Waals surface area contributed by atoms with Gasteiger partial charge in [0.15, 0.2) is 0 Å². The van der Waals surface area contributed by atoms with E-state index in [1.807, 2.05) is 18.2 Å². The number of imide groups is 1. The average Bonchev–Trinajstić information content (AvgIpc) is 3.40. The van der Waals surface area contributed by atoms with Gasteiger partial charge in [-0.3, -0.25) is 23.7 Å². The summed E-state index contributed by atoms with van der Waals surface area (Å²) in [6, 6.07) is 20.4. The molecule has 1 aromatic heterocycles. The molecular weight excluding hydrogens is 655 g/mol. The van der Waals surface area contributed by atoms with E-state index in [-0.39, 0.29) is 0 Å². The van der Waals surface area contributed by atoms with E-state index < -0.39 is 63.7 Å². The van der Waals surface area contributed by atoms with E-state index in [0.29, 0.717) is 15.6 Å². The third kappa shape index (κ3) is 4.99. The number of hydrogen-bond donors (Lipinski definition) is 1. The Morgan fingerprint density at radius 1 is 0.905 bits per heavy atom. The van der Waals surface area contributed by atoms with E-state index in [2.05, 4.69) is 21.2 Å². The van der Waals surface area contributed by atoms with E-state index in [9.17, 15) is 32.3 Å². The summed E-state index contributed by atoms with van der Waals surface area (Å²) < 4.78 is 42.3. The van der Waals surface area contributed by atoms with Crippen LogP contribution < -0.4 is 15.1 Å². The molecule has 0 spiro atoms. The van der Waals surface area contributed by atoms with Crippen LogP contribution in [-0.2, 0) is 27.1 Å². The van der Waals surface area contributed by atoms with Crippen LogP contribution in [-0.4, -0.2) is 27.5 Å². The second kappa shape index (κ2) is 10.9. The van der Waals surface area contributed by atoms with Gasteiger partial charge in [0, 0.05) is 15.3 Å². The zero-order valence-corrected chi connectivity index (χ0v) is 24.5. The number of amides is 3. The van der Waals surface area contributed by atoms with Crippen LogP contribution in [0.1, 0.15) is 21.9 Å². The first-order chi connectivity index (χ1) is 20.0. The molecule has 0 radical (unpaired) electrons. The first kappa shape index (κ1) is 28.4. The lowest BCUT2D eigenvalue weighted by Crippen LogP contribution is -2.33. The highest BCUT2D eigenvalue weighted by Crippen LogP contribution is 2.53. The Kier molecular flexibility index (Phi) is 7.36. The van der Waals surface area contributed by atoms with Gasteiger partial charge in [-0.25, -0.2) is 4.90 Å². The molecule has 7 nitrogen and oxygen atoms in total. The number of benzene rings is 3. The van der Waals surface area contributed by atoms with Gasteiger partial charge >= 0.3 is 11.0 Å². The third-order valence-corrected chi connectivity index (χ3v) is 10.2. The number of thiazole rings is 1. The molecule has 3 heterocycles. The summed E-state index contributed by atoms with van der Waals surface area (Å²) in [4.78, 5) is 55.0. The monoisotopic (exact) mass is 673 g/mol. The van der Waals surface area contributed by atoms with Gasteiger partial charge in [0.25, 0.3) is 0 Å². The maximum Gasteiger partial charge on any atom is 0.418 e. The Bertz CT molecular complexity index is 1770. The highest BCUT2D eigenvalue weighted by atomic mass is 79.9. The van der Waals surface area contributed by atoms with Gasteiger partial charge in [-0.05, 0) is 42.0 Å². The molecule has 42 heavy (non-hydrogen) atoms. The van der Waals surface area contributed by atoms with Crippen molar-refractivity contribution < 1.29 is 27.6 Å². The highest BCUT2D eigenvalue weighted by Gasteiger charge is 2.56. The number of fused-ring (bicyclic) bond motifs is 2. The molecule has 3 amide bonds. The van der Waals surface area contributed by atoms with Crippen LogP contribution in [0.25, 0.3) is 0 Å². The number of halogens is 4. The summed E-state index contributed by atoms with van der Waals surface area (Å²) in [7, 11) is 0. The molecule has 3 atom stereocenters. The van der Waals surface area contributed by atoms with Crippen LogP contribution in [0, 0.1) is 5.92 Å². The topological polar surface area (TPSA) is 88.5 Å². The summed E-state index contributed by atoms with van der Waals surface area (Å²) >= 11 is 5.26. The fourth-order valence-corrected chi connectivity index (χ4v) is 8.33. The van der Waals surface area contributed by atoms with Crippen LogP contribution in [0.15, 0.2) is 93.2 Å². The standard InChI is InChI=1S/C29H19BrF3N3O4S2/c30-16-10-12-17(13-11-16)36-25(38)22-21(15-6-2-1-3-7-15)24-27(41-23(22)26(36)39)35(28(40)42-24)14-20(37)34-19-9-5-4-8-18(19)29(31,32)33/h1-13,21-23H,14H2,(H,34,37)/t21-,22-,23+/m0/s1. The zero-order valence-electron chi connectivity index (χ0n) is 21.3. The van der Waals surface area contributed by atoms with Crippen molar-refractivity contribution in [1.29, 1.82) is 0 Å². The van der Waals surface area contributed by atoms with Gasteiger partial charge in [-0.15, -0.1) is 0 Å². The first-order valence-electron chi connectivity index (χ1n) is 12.6. The molecular formula is C29H19BrF3N3O4S2. The van der Waals surface area contributed by atoms with E-state index in [1.54, 1.807) is 36.4 Å². The Hall–Kier alpha value is -3.68. The zero-order chi connectivity index (χ0) is 29.8. The van der Waals surface area contributed by atoms with Crippen molar-refractivity contribution in [1.82, 2.24) is 4.57 Å². The van der Waals surface area contributed by atoms with Gasteiger partial charge < -0.3 is 5.32 Å². The molecule has 4 aromatic rings. The second-order valence-corrected chi connectivity index (χ2v) is 12.7. The normalized spacial score (nSPS) is 19.9. The number of carbonyl (C=O) groups is 3. The number of nitrogens with zero attached hydrogens (tertiary/aromatic N) is 2. The summed E-state index contributed by atoms with van der Waals surface area (Å²) in [5, 5.41) is 1.74. The van der Waals surface area contributed by atoms with Crippen LogP contribution >= 0.6 is 39.0 Å². The number of aromatic nitrogens is 1. The lowest BCUT2D eigenvalue weighted by Gasteiger charge is -2.30. The molecule has 214 valence electrons. The SMILES string of the molecule is O=C(Cn1c2c(sc1=O)[C@@H](c1ccccc1)[C@@H]1C(=O)N(c3ccc(Br)cc3)C(=O)[C@@H]1S2)Nc1ccccc1C(F)(F)F. The molecule has 13 heteroatoms. The van der Waals surface area contributed by atoms with Gasteiger partial charge in [-0.2, -0.15) is 13.2 Å². The summed E-state index contributed by atoms with van der Waals surface area (Å²) in [5.74, 6) is -3.12. The number of nitrogens with one attached hydrogen (secondary N) is 1. The molecule has 0 unspecified atom stereocenters. The van der Waals surface area contributed by atoms with E-state index in [4.69, 9.17) is 0 Å². The fourth-order valence-electron chi connectivity index (χ4n) is 5.29. The minimum absolute atomic E-state index is 0.346. The molecule has 3 aromatic carbocycles. The minimum Gasteiger partial charge on any atom is -0.324 e. The molecule has 0 saturated carbocycles. The van der Waals surface area contributed by atoms with Crippen molar-refractivity contribution in [3.63, 3.8) is 0 Å². The number of thioether (sulfide) groups is 1. The summed E-state index contributed by atoms with van der Waals surface area (Å²) in [6.07, 6.45) is -4.69. The van der Waals surface area contributed by atoms with Crippen molar-refractivity contribution in [2.24, 2.45) is 5.92 Å². The van der Waals surface area contributed by atoms with Crippen LogP contribution in [0.4, 0.5) is 24.5 Å². The summed E-state index contributed by atoms with van der Waals surface area (Å²) in [5.41, 5.74) is -0.297. The number of hydrogen-bond acceptors (Lipinski definition) is 6. The lowest BCUT2D eigenvalue weighted by atomic mass is 9.83. The number of alkyl halides is 3. The Labute approximate surface area is 253 Å². The predicted molar refractivity (Wildman–Crippen MR) is 157 cm³/mol. The lowest BCUT2D eigenvalue weighted by molar-refractivity contribution is -0.137. The van der Waals surface area contributed by atoms with E-state index >= 15 is 0 Å². The van der Waals surface area contributed by atoms with Gasteiger partial charge in [0.2, 0.25) is 17.7 Å². The quantitative estimate of drug-likeness (QED) is 0.258. The number of carbonyl (C=O) groups excluding carboxylic acids is 3. The summed E-state index contributed by atoms with van der Waals surface area (Å²) in [6.45, 7) is -0.568. The van der Waals surface area contributed by atoms with E-state index in [1.165, 1.54) is 16.7 Å². The number of anilines is 2. The van der Waals surface area contributed by atoms with Crippen LogP contribution in [0.5, 0.6) is 0 Å². The maximum absolute atomic E-state index is 13.9. The van der Waals surface area contributed by atoms with Gasteiger partial charge in [0.1, 0.15) is 11.8 Å². The Balaban J connectivity index is 1.38. The molecule has 0 bridgehead atoms. The second-order valence-electron chi connectivity index (χ2n) is 9.66. The van der Waals surface area contributed by atoms with Gasteiger partial charge in [0.05, 0.1) is 27.9 Å². The van der Waals surface area contributed by atoms with Crippen molar-refractivity contribution in [3.05, 3.63) is 109 Å². The smallest absolute Gasteiger partial charge is 0.324 e. The number of para-hydroxylation sites is 1.